The maximum atomic E-state index is 5.35. The van der Waals surface area contributed by atoms with Gasteiger partial charge in [-0.25, -0.2) is 4.98 Å². The molecule has 0 atom stereocenters. The maximum Gasteiger partial charge on any atom is 0.229 e. The van der Waals surface area contributed by atoms with Crippen molar-refractivity contribution in [3.63, 3.8) is 0 Å². The number of nitrogens with zero attached hydrogens (tertiary/aromatic N) is 2. The minimum absolute atomic E-state index is 0.411. The Morgan fingerprint density at radius 3 is 2.43 bits per heavy atom. The second kappa shape index (κ2) is 8.61. The van der Waals surface area contributed by atoms with E-state index in [9.17, 15) is 0 Å². The third-order valence-electron chi connectivity index (χ3n) is 4.48. The first-order valence-corrected chi connectivity index (χ1v) is 9.20. The molecule has 0 aliphatic heterocycles. The van der Waals surface area contributed by atoms with Crippen LogP contribution in [0.3, 0.4) is 0 Å². The molecular weight excluding hydrogens is 352 g/mol. The lowest BCUT2D eigenvalue weighted by Crippen LogP contribution is -2.04. The molecule has 0 radical (unpaired) electrons. The van der Waals surface area contributed by atoms with Crippen LogP contribution in [0.5, 0.6) is 11.5 Å². The average molecular weight is 378 g/mol. The molecule has 2 aromatic carbocycles. The summed E-state index contributed by atoms with van der Waals surface area (Å²) in [6.45, 7) is 6.46. The lowest BCUT2D eigenvalue weighted by Gasteiger charge is -2.17. The normalized spacial score (nSPS) is 10.6. The first-order valence-electron chi connectivity index (χ1n) is 9.20. The summed E-state index contributed by atoms with van der Waals surface area (Å²) in [7, 11) is 3.22. The summed E-state index contributed by atoms with van der Waals surface area (Å²) in [4.78, 5) is 8.92. The van der Waals surface area contributed by atoms with Crippen LogP contribution >= 0.6 is 0 Å². The van der Waals surface area contributed by atoms with E-state index >= 15 is 0 Å². The molecule has 0 amide bonds. The number of para-hydroxylation sites is 1. The van der Waals surface area contributed by atoms with Crippen LogP contribution in [0.25, 0.3) is 0 Å². The summed E-state index contributed by atoms with van der Waals surface area (Å²) in [6.07, 6.45) is 1.73. The Morgan fingerprint density at radius 2 is 1.71 bits per heavy atom. The van der Waals surface area contributed by atoms with Crippen LogP contribution in [-0.2, 0) is 0 Å². The van der Waals surface area contributed by atoms with Gasteiger partial charge in [0.2, 0.25) is 5.95 Å². The Bertz CT molecular complexity index is 957. The SMILES string of the molecule is COc1ccc(Nc2nccc(Nc3c(C)cccc3C(C)C)n2)cc1OC. The average Bonchev–Trinajstić information content (AvgIpc) is 2.69. The highest BCUT2D eigenvalue weighted by molar-refractivity contribution is 5.67. The van der Waals surface area contributed by atoms with E-state index in [0.717, 1.165) is 17.2 Å². The van der Waals surface area contributed by atoms with E-state index in [1.807, 2.05) is 24.3 Å². The van der Waals surface area contributed by atoms with Crippen LogP contribution in [0, 0.1) is 6.92 Å². The Morgan fingerprint density at radius 1 is 0.929 bits per heavy atom. The number of hydrogen-bond acceptors (Lipinski definition) is 6. The van der Waals surface area contributed by atoms with E-state index in [1.165, 1.54) is 11.1 Å². The van der Waals surface area contributed by atoms with Gasteiger partial charge in [0, 0.05) is 23.6 Å². The molecule has 0 aliphatic carbocycles. The fourth-order valence-electron chi connectivity index (χ4n) is 3.00. The van der Waals surface area contributed by atoms with Crippen molar-refractivity contribution >= 4 is 23.1 Å². The highest BCUT2D eigenvalue weighted by Gasteiger charge is 2.11. The Kier molecular flexibility index (Phi) is 5.99. The smallest absolute Gasteiger partial charge is 0.229 e. The van der Waals surface area contributed by atoms with Crippen molar-refractivity contribution in [1.29, 1.82) is 0 Å². The predicted molar refractivity (Wildman–Crippen MR) is 113 cm³/mol. The van der Waals surface area contributed by atoms with Crippen molar-refractivity contribution in [3.8, 4) is 11.5 Å². The van der Waals surface area contributed by atoms with Crippen molar-refractivity contribution in [2.24, 2.45) is 0 Å². The van der Waals surface area contributed by atoms with Gasteiger partial charge >= 0.3 is 0 Å². The molecule has 2 N–H and O–H groups in total. The van der Waals surface area contributed by atoms with E-state index in [2.05, 4.69) is 59.6 Å². The summed E-state index contributed by atoms with van der Waals surface area (Å²) in [5, 5.41) is 6.66. The van der Waals surface area contributed by atoms with Crippen LogP contribution in [0.15, 0.2) is 48.7 Å². The molecule has 3 rings (SSSR count). The molecule has 0 spiro atoms. The zero-order chi connectivity index (χ0) is 20.1. The minimum atomic E-state index is 0.411. The molecule has 0 unspecified atom stereocenters. The fraction of sp³-hybridized carbons (Fsp3) is 0.273. The lowest BCUT2D eigenvalue weighted by molar-refractivity contribution is 0.355. The van der Waals surface area contributed by atoms with E-state index in [-0.39, 0.29) is 0 Å². The molecule has 6 heteroatoms. The molecule has 0 saturated heterocycles. The summed E-state index contributed by atoms with van der Waals surface area (Å²) in [5.74, 6) is 2.95. The van der Waals surface area contributed by atoms with Crippen LogP contribution < -0.4 is 20.1 Å². The van der Waals surface area contributed by atoms with E-state index in [4.69, 9.17) is 9.47 Å². The molecule has 0 bridgehead atoms. The van der Waals surface area contributed by atoms with Crippen molar-refractivity contribution in [3.05, 3.63) is 59.8 Å². The number of aryl methyl sites for hydroxylation is 1. The number of rotatable bonds is 7. The molecule has 0 saturated carbocycles. The van der Waals surface area contributed by atoms with Crippen molar-refractivity contribution in [1.82, 2.24) is 9.97 Å². The Balaban J connectivity index is 1.84. The van der Waals surface area contributed by atoms with Gasteiger partial charge < -0.3 is 20.1 Å². The lowest BCUT2D eigenvalue weighted by atomic mass is 9.98. The third-order valence-corrected chi connectivity index (χ3v) is 4.48. The number of aromatic nitrogens is 2. The number of benzene rings is 2. The van der Waals surface area contributed by atoms with Crippen LogP contribution in [0.1, 0.15) is 30.9 Å². The summed E-state index contributed by atoms with van der Waals surface area (Å²) in [5.41, 5.74) is 4.34. The molecule has 146 valence electrons. The van der Waals surface area contributed by atoms with Gasteiger partial charge in [0.25, 0.3) is 0 Å². The molecule has 0 aliphatic rings. The van der Waals surface area contributed by atoms with E-state index in [0.29, 0.717) is 23.4 Å². The number of ether oxygens (including phenoxy) is 2. The summed E-state index contributed by atoms with van der Waals surface area (Å²) >= 11 is 0. The summed E-state index contributed by atoms with van der Waals surface area (Å²) < 4.78 is 10.6. The topological polar surface area (TPSA) is 68.3 Å². The quantitative estimate of drug-likeness (QED) is 0.573. The molecule has 1 heterocycles. The van der Waals surface area contributed by atoms with Gasteiger partial charge in [-0.1, -0.05) is 32.0 Å². The van der Waals surface area contributed by atoms with E-state index in [1.54, 1.807) is 20.4 Å². The van der Waals surface area contributed by atoms with Gasteiger partial charge in [0.1, 0.15) is 5.82 Å². The predicted octanol–water partition coefficient (Wildman–Crippen LogP) is 5.41. The zero-order valence-corrected chi connectivity index (χ0v) is 16.9. The van der Waals surface area contributed by atoms with Gasteiger partial charge in [-0.15, -0.1) is 0 Å². The van der Waals surface area contributed by atoms with Crippen LogP contribution in [0.2, 0.25) is 0 Å². The van der Waals surface area contributed by atoms with Gasteiger partial charge in [0.15, 0.2) is 11.5 Å². The second-order valence-corrected chi connectivity index (χ2v) is 6.78. The Hall–Kier alpha value is -3.28. The molecule has 0 fully saturated rings. The first kappa shape index (κ1) is 19.5. The number of anilines is 4. The fourth-order valence-corrected chi connectivity index (χ4v) is 3.00. The third kappa shape index (κ3) is 4.34. The van der Waals surface area contributed by atoms with Crippen molar-refractivity contribution in [2.75, 3.05) is 24.9 Å². The largest absolute Gasteiger partial charge is 0.493 e. The van der Waals surface area contributed by atoms with Crippen molar-refractivity contribution < 1.29 is 9.47 Å². The number of hydrogen-bond donors (Lipinski definition) is 2. The highest BCUT2D eigenvalue weighted by Crippen LogP contribution is 2.32. The van der Waals surface area contributed by atoms with Gasteiger partial charge in [0.05, 0.1) is 14.2 Å². The summed E-state index contributed by atoms with van der Waals surface area (Å²) in [6, 6.07) is 13.8. The standard InChI is InChI=1S/C22H26N4O2/c1-14(2)17-8-6-7-15(3)21(17)25-20-11-12-23-22(26-20)24-16-9-10-18(27-4)19(13-16)28-5/h6-14H,1-5H3,(H2,23,24,25,26). The van der Waals surface area contributed by atoms with Gasteiger partial charge in [-0.3, -0.25) is 0 Å². The molecule has 1 aromatic heterocycles. The molecule has 6 nitrogen and oxygen atoms in total. The highest BCUT2D eigenvalue weighted by atomic mass is 16.5. The number of methoxy groups -OCH3 is 2. The minimum Gasteiger partial charge on any atom is -0.493 e. The second-order valence-electron chi connectivity index (χ2n) is 6.78. The molecular formula is C22H26N4O2. The van der Waals surface area contributed by atoms with E-state index < -0.39 is 0 Å². The van der Waals surface area contributed by atoms with Crippen LogP contribution in [-0.4, -0.2) is 24.2 Å². The molecule has 28 heavy (non-hydrogen) atoms. The molecule has 3 aromatic rings. The Labute approximate surface area is 166 Å². The first-order chi connectivity index (χ1) is 13.5. The monoisotopic (exact) mass is 378 g/mol. The van der Waals surface area contributed by atoms with Crippen molar-refractivity contribution in [2.45, 2.75) is 26.7 Å². The van der Waals surface area contributed by atoms with Gasteiger partial charge in [-0.05, 0) is 42.2 Å². The van der Waals surface area contributed by atoms with Crippen LogP contribution in [0.4, 0.5) is 23.1 Å². The van der Waals surface area contributed by atoms with Gasteiger partial charge in [-0.2, -0.15) is 4.98 Å². The maximum absolute atomic E-state index is 5.35. The zero-order valence-electron chi connectivity index (χ0n) is 16.9. The number of nitrogens with one attached hydrogen (secondary N) is 2.